The molecule has 3 heterocycles. The van der Waals surface area contributed by atoms with Gasteiger partial charge in [-0.2, -0.15) is 5.26 Å². The van der Waals surface area contributed by atoms with Gasteiger partial charge in [0.25, 0.3) is 0 Å². The number of likely N-dealkylation sites (tertiary alicyclic amines) is 3. The maximum Gasteiger partial charge on any atom is 0.245 e. The van der Waals surface area contributed by atoms with Gasteiger partial charge < -0.3 is 20.4 Å². The minimum Gasteiger partial charge on any atom is -0.334 e. The lowest BCUT2D eigenvalue weighted by atomic mass is 9.91. The maximum atomic E-state index is 12.7. The molecule has 3 aliphatic heterocycles. The van der Waals surface area contributed by atoms with Crippen LogP contribution in [0.3, 0.4) is 0 Å². The molecule has 3 rings (SSSR count). The number of hydrogen-bond acceptors (Lipinski definition) is 5. The van der Waals surface area contributed by atoms with Crippen LogP contribution < -0.4 is 5.73 Å². The Morgan fingerprint density at radius 2 is 2.04 bits per heavy atom. The van der Waals surface area contributed by atoms with Crippen LogP contribution in [0.5, 0.6) is 0 Å². The predicted octanol–water partition coefficient (Wildman–Crippen LogP) is 0.0762. The first kappa shape index (κ1) is 19.6. The van der Waals surface area contributed by atoms with Gasteiger partial charge in [-0.1, -0.05) is 20.8 Å². The summed E-state index contributed by atoms with van der Waals surface area (Å²) in [6.07, 6.45) is 2.49. The van der Waals surface area contributed by atoms with E-state index >= 15 is 0 Å². The molecule has 27 heavy (non-hydrogen) atoms. The first-order valence-electron chi connectivity index (χ1n) is 9.68. The molecule has 2 N–H and O–H groups in total. The smallest absolute Gasteiger partial charge is 0.245 e. The number of rotatable bonds is 4. The summed E-state index contributed by atoms with van der Waals surface area (Å²) >= 11 is 0. The Labute approximate surface area is 160 Å². The van der Waals surface area contributed by atoms with Gasteiger partial charge in [-0.05, 0) is 24.7 Å². The van der Waals surface area contributed by atoms with Crippen molar-refractivity contribution in [3.63, 3.8) is 0 Å². The lowest BCUT2D eigenvalue weighted by Gasteiger charge is -2.36. The van der Waals surface area contributed by atoms with Crippen LogP contribution in [0.2, 0.25) is 0 Å². The Balaban J connectivity index is 1.59. The molecule has 8 nitrogen and oxygen atoms in total. The molecule has 2 bridgehead atoms. The molecule has 4 atom stereocenters. The molecule has 3 saturated heterocycles. The molecular formula is C19H29N5O3. The van der Waals surface area contributed by atoms with Crippen molar-refractivity contribution in [2.24, 2.45) is 11.1 Å². The zero-order valence-corrected chi connectivity index (χ0v) is 16.4. The number of piperazine rings is 1. The van der Waals surface area contributed by atoms with Crippen LogP contribution in [0.15, 0.2) is 0 Å². The first-order valence-corrected chi connectivity index (χ1v) is 9.68. The topological polar surface area (TPSA) is 111 Å². The number of nitrogens with zero attached hydrogens (tertiary/aromatic N) is 4. The summed E-state index contributed by atoms with van der Waals surface area (Å²) in [5.41, 5.74) is 5.97. The van der Waals surface area contributed by atoms with Gasteiger partial charge in [0.05, 0.1) is 12.1 Å². The van der Waals surface area contributed by atoms with Crippen molar-refractivity contribution in [2.45, 2.75) is 70.6 Å². The van der Waals surface area contributed by atoms with Gasteiger partial charge in [0.1, 0.15) is 18.1 Å². The number of fused-ring (bicyclic) bond motifs is 2. The molecule has 0 unspecified atom stereocenters. The lowest BCUT2D eigenvalue weighted by Crippen LogP contribution is -2.57. The molecule has 0 spiro atoms. The maximum absolute atomic E-state index is 12.7. The summed E-state index contributed by atoms with van der Waals surface area (Å²) in [4.78, 5) is 42.7. The molecule has 0 aromatic rings. The highest BCUT2D eigenvalue weighted by molar-refractivity contribution is 5.92. The summed E-state index contributed by atoms with van der Waals surface area (Å²) in [7, 11) is 0. The fourth-order valence-electron chi connectivity index (χ4n) is 4.38. The average molecular weight is 375 g/mol. The van der Waals surface area contributed by atoms with E-state index in [9.17, 15) is 14.4 Å². The number of amides is 3. The van der Waals surface area contributed by atoms with E-state index in [1.165, 1.54) is 4.90 Å². The molecule has 0 aromatic heterocycles. The third kappa shape index (κ3) is 3.79. The van der Waals surface area contributed by atoms with Gasteiger partial charge >= 0.3 is 0 Å². The van der Waals surface area contributed by atoms with E-state index in [1.807, 2.05) is 20.8 Å². The average Bonchev–Trinajstić information content (AvgIpc) is 3.28. The zero-order chi connectivity index (χ0) is 19.9. The Kier molecular flexibility index (Phi) is 5.17. The first-order chi connectivity index (χ1) is 12.6. The normalized spacial score (nSPS) is 28.6. The number of nitriles is 1. The molecule has 3 fully saturated rings. The highest BCUT2D eigenvalue weighted by atomic mass is 16.2. The van der Waals surface area contributed by atoms with Crippen LogP contribution in [0.1, 0.15) is 46.5 Å². The van der Waals surface area contributed by atoms with E-state index in [0.717, 1.165) is 6.42 Å². The molecule has 0 saturated carbocycles. The standard InChI is InChI=1S/C19H29N5O3/c1-19(2,3)8-16(25)24-10-13-7-15(24)18(27)23(13)11-14(21)17(26)22-6-4-5-12(22)9-20/h12-15H,4-8,10-11,21H2,1-3H3/t12-,13-,14-,15-/m0/s1. The van der Waals surface area contributed by atoms with E-state index in [4.69, 9.17) is 11.0 Å². The van der Waals surface area contributed by atoms with Crippen molar-refractivity contribution >= 4 is 17.7 Å². The summed E-state index contributed by atoms with van der Waals surface area (Å²) in [5.74, 6) is -0.373. The zero-order valence-electron chi connectivity index (χ0n) is 16.4. The minimum atomic E-state index is -0.832. The molecule has 8 heteroatoms. The fourth-order valence-corrected chi connectivity index (χ4v) is 4.38. The summed E-state index contributed by atoms with van der Waals surface area (Å²) in [5, 5.41) is 9.15. The van der Waals surface area contributed by atoms with Gasteiger partial charge in [0, 0.05) is 26.1 Å². The number of nitrogens with two attached hydrogens (primary N) is 1. The second-order valence-electron chi connectivity index (χ2n) is 9.10. The number of hydrogen-bond donors (Lipinski definition) is 1. The second-order valence-corrected chi connectivity index (χ2v) is 9.10. The largest absolute Gasteiger partial charge is 0.334 e. The quantitative estimate of drug-likeness (QED) is 0.748. The van der Waals surface area contributed by atoms with Gasteiger partial charge in [0.15, 0.2) is 0 Å². The van der Waals surface area contributed by atoms with E-state index in [1.54, 1.807) is 9.80 Å². The van der Waals surface area contributed by atoms with E-state index in [0.29, 0.717) is 32.4 Å². The third-order valence-corrected chi connectivity index (χ3v) is 5.69. The van der Waals surface area contributed by atoms with Gasteiger partial charge in [0.2, 0.25) is 17.7 Å². The van der Waals surface area contributed by atoms with Crippen LogP contribution >= 0.6 is 0 Å². The molecule has 3 amide bonds. The van der Waals surface area contributed by atoms with Crippen LogP contribution in [-0.2, 0) is 14.4 Å². The molecule has 0 aliphatic carbocycles. The highest BCUT2D eigenvalue weighted by Gasteiger charge is 2.52. The molecule has 148 valence electrons. The van der Waals surface area contributed by atoms with Crippen LogP contribution in [0, 0.1) is 16.7 Å². The number of carbonyl (C=O) groups is 3. The van der Waals surface area contributed by atoms with Crippen molar-refractivity contribution in [2.75, 3.05) is 19.6 Å². The predicted molar refractivity (Wildman–Crippen MR) is 98.0 cm³/mol. The van der Waals surface area contributed by atoms with Crippen molar-refractivity contribution in [3.05, 3.63) is 0 Å². The molecule has 3 aliphatic rings. The highest BCUT2D eigenvalue weighted by Crippen LogP contribution is 2.34. The monoisotopic (exact) mass is 375 g/mol. The summed E-state index contributed by atoms with van der Waals surface area (Å²) in [6, 6.07) is 0.393. The van der Waals surface area contributed by atoms with Crippen LogP contribution in [0.4, 0.5) is 0 Å². The van der Waals surface area contributed by atoms with Gasteiger partial charge in [-0.15, -0.1) is 0 Å². The fraction of sp³-hybridized carbons (Fsp3) is 0.789. The lowest BCUT2D eigenvalue weighted by molar-refractivity contribution is -0.148. The Hall–Kier alpha value is -2.14. The van der Waals surface area contributed by atoms with Gasteiger partial charge in [-0.3, -0.25) is 14.4 Å². The summed E-state index contributed by atoms with van der Waals surface area (Å²) < 4.78 is 0. The van der Waals surface area contributed by atoms with Crippen molar-refractivity contribution in [1.29, 1.82) is 5.26 Å². The number of carbonyl (C=O) groups excluding carboxylic acids is 3. The van der Waals surface area contributed by atoms with Crippen LogP contribution in [-0.4, -0.2) is 76.2 Å². The molecule has 0 aromatic carbocycles. The molecular weight excluding hydrogens is 346 g/mol. The van der Waals surface area contributed by atoms with Crippen LogP contribution in [0.25, 0.3) is 0 Å². The van der Waals surface area contributed by atoms with E-state index in [-0.39, 0.29) is 35.7 Å². The minimum absolute atomic E-state index is 0.0114. The van der Waals surface area contributed by atoms with Crippen molar-refractivity contribution in [3.8, 4) is 6.07 Å². The SMILES string of the molecule is CC(C)(C)CC(=O)N1C[C@@H]2C[C@H]1C(=O)N2C[C@H](N)C(=O)N1CCC[C@H]1C#N. The van der Waals surface area contributed by atoms with E-state index in [2.05, 4.69) is 6.07 Å². The van der Waals surface area contributed by atoms with E-state index < -0.39 is 18.1 Å². The second kappa shape index (κ2) is 7.12. The molecule has 0 radical (unpaired) electrons. The Morgan fingerprint density at radius 3 is 2.63 bits per heavy atom. The summed E-state index contributed by atoms with van der Waals surface area (Å²) in [6.45, 7) is 7.21. The third-order valence-electron chi connectivity index (χ3n) is 5.69. The van der Waals surface area contributed by atoms with Crippen molar-refractivity contribution in [1.82, 2.24) is 14.7 Å². The Morgan fingerprint density at radius 1 is 1.33 bits per heavy atom. The van der Waals surface area contributed by atoms with Crippen molar-refractivity contribution < 1.29 is 14.4 Å². The van der Waals surface area contributed by atoms with Gasteiger partial charge in [-0.25, -0.2) is 0 Å². The Bertz CT molecular complexity index is 680.